The molecule has 96 valence electrons. The molecule has 1 aromatic rings. The highest BCUT2D eigenvalue weighted by molar-refractivity contribution is 7.88. The lowest BCUT2D eigenvalue weighted by molar-refractivity contribution is 0.158. The molecule has 17 heavy (non-hydrogen) atoms. The van der Waals surface area contributed by atoms with Gasteiger partial charge in [0.1, 0.15) is 5.82 Å². The quantitative estimate of drug-likeness (QED) is 0.541. The van der Waals surface area contributed by atoms with Crippen molar-refractivity contribution in [2.75, 3.05) is 12.3 Å². The minimum absolute atomic E-state index is 0.0794. The number of hydrogen-bond acceptors (Lipinski definition) is 6. The van der Waals surface area contributed by atoms with Crippen LogP contribution in [0.2, 0.25) is 0 Å². The number of nitrogens with zero attached hydrogens (tertiary/aromatic N) is 1. The lowest BCUT2D eigenvalue weighted by Gasteiger charge is -2.07. The Labute approximate surface area is 97.9 Å². The topological polar surface area (TPSA) is 139 Å². The van der Waals surface area contributed by atoms with Crippen molar-refractivity contribution < 1.29 is 17.9 Å². The fourth-order valence-electron chi connectivity index (χ4n) is 0.941. The first-order chi connectivity index (χ1) is 7.94. The zero-order valence-corrected chi connectivity index (χ0v) is 9.87. The minimum atomic E-state index is -3.97. The summed E-state index contributed by atoms with van der Waals surface area (Å²) in [5, 5.41) is 6.06. The predicted molar refractivity (Wildman–Crippen MR) is 58.9 cm³/mol. The Morgan fingerprint density at radius 2 is 2.35 bits per heavy atom. The maximum atomic E-state index is 11.3. The van der Waals surface area contributed by atoms with Gasteiger partial charge in [-0.1, -0.05) is 0 Å². The number of nitrogens with one attached hydrogen (secondary N) is 3. The second kappa shape index (κ2) is 5.50. The number of carbonyl (C=O) groups excluding carboxylic acids is 1. The van der Waals surface area contributed by atoms with Gasteiger partial charge in [0.15, 0.2) is 0 Å². The fraction of sp³-hybridized carbons (Fsp3) is 0.429. The number of carbonyl (C=O) groups is 1. The molecule has 0 bridgehead atoms. The molecular formula is C7H13N5O4S. The second-order valence-electron chi connectivity index (χ2n) is 2.96. The van der Waals surface area contributed by atoms with Gasteiger partial charge in [-0.05, 0) is 6.92 Å². The Hall–Kier alpha value is -1.81. The third kappa shape index (κ3) is 4.28. The van der Waals surface area contributed by atoms with Crippen LogP contribution >= 0.6 is 0 Å². The highest BCUT2D eigenvalue weighted by Gasteiger charge is 2.15. The van der Waals surface area contributed by atoms with Crippen LogP contribution < -0.4 is 15.2 Å². The maximum absolute atomic E-state index is 11.3. The van der Waals surface area contributed by atoms with E-state index in [2.05, 4.69) is 19.7 Å². The molecule has 9 nitrogen and oxygen atoms in total. The first-order valence-electron chi connectivity index (χ1n) is 4.66. The van der Waals surface area contributed by atoms with Crippen LogP contribution in [0.3, 0.4) is 0 Å². The number of hydrogen-bond donors (Lipinski definition) is 4. The summed E-state index contributed by atoms with van der Waals surface area (Å²) in [5.74, 6) is 0.254. The van der Waals surface area contributed by atoms with Gasteiger partial charge in [-0.25, -0.2) is 9.52 Å². The zero-order valence-electron chi connectivity index (χ0n) is 9.06. The van der Waals surface area contributed by atoms with Crippen LogP contribution in [0.1, 0.15) is 12.5 Å². The standard InChI is InChI=1S/C7H13N5O4S/c1-2-16-7(13)12-17(14,15)10-4-5-3-9-11-6(5)8/h3,10H,2,4H2,1H3,(H,12,13)(H3,8,9,11). The van der Waals surface area contributed by atoms with Crippen LogP contribution in [0, 0.1) is 0 Å². The van der Waals surface area contributed by atoms with E-state index in [1.165, 1.54) is 6.20 Å². The first-order valence-corrected chi connectivity index (χ1v) is 6.15. The molecule has 0 aliphatic carbocycles. The molecule has 1 amide bonds. The molecule has 0 saturated carbocycles. The van der Waals surface area contributed by atoms with E-state index in [1.807, 2.05) is 0 Å². The van der Waals surface area contributed by atoms with Gasteiger partial charge in [0.2, 0.25) is 0 Å². The van der Waals surface area contributed by atoms with Gasteiger partial charge in [0.05, 0.1) is 12.8 Å². The van der Waals surface area contributed by atoms with E-state index in [9.17, 15) is 13.2 Å². The van der Waals surface area contributed by atoms with Crippen LogP contribution in [0.25, 0.3) is 0 Å². The molecule has 1 rings (SSSR count). The lowest BCUT2D eigenvalue weighted by Crippen LogP contribution is -2.40. The summed E-state index contributed by atoms with van der Waals surface area (Å²) in [6.07, 6.45) is 0.336. The molecule has 0 aliphatic heterocycles. The SMILES string of the molecule is CCOC(=O)NS(=O)(=O)NCc1cn[nH]c1N. The number of rotatable bonds is 5. The van der Waals surface area contributed by atoms with E-state index < -0.39 is 16.3 Å². The second-order valence-corrected chi connectivity index (χ2v) is 4.46. The molecule has 5 N–H and O–H groups in total. The van der Waals surface area contributed by atoms with Gasteiger partial charge < -0.3 is 10.5 Å². The molecule has 1 heterocycles. The van der Waals surface area contributed by atoms with Crippen molar-refractivity contribution in [3.05, 3.63) is 11.8 Å². The molecule has 10 heteroatoms. The summed E-state index contributed by atoms with van der Waals surface area (Å²) >= 11 is 0. The van der Waals surface area contributed by atoms with Crippen molar-refractivity contribution in [2.24, 2.45) is 0 Å². The van der Waals surface area contributed by atoms with Crippen molar-refractivity contribution in [3.63, 3.8) is 0 Å². The van der Waals surface area contributed by atoms with Crippen LogP contribution in [0.4, 0.5) is 10.6 Å². The molecule has 1 aromatic heterocycles. The van der Waals surface area contributed by atoms with Gasteiger partial charge >= 0.3 is 16.3 Å². The largest absolute Gasteiger partial charge is 0.449 e. The maximum Gasteiger partial charge on any atom is 0.421 e. The first kappa shape index (κ1) is 13.3. The van der Waals surface area contributed by atoms with Crippen LogP contribution in [0.15, 0.2) is 6.20 Å². The molecule has 0 unspecified atom stereocenters. The fourth-order valence-corrected chi connectivity index (χ4v) is 1.64. The molecule has 0 aromatic carbocycles. The molecular weight excluding hydrogens is 250 g/mol. The number of nitrogen functional groups attached to an aromatic ring is 1. The molecule has 0 spiro atoms. The van der Waals surface area contributed by atoms with E-state index in [4.69, 9.17) is 5.73 Å². The van der Waals surface area contributed by atoms with E-state index in [-0.39, 0.29) is 19.0 Å². The monoisotopic (exact) mass is 263 g/mol. The number of H-pyrrole nitrogens is 1. The van der Waals surface area contributed by atoms with E-state index in [0.29, 0.717) is 5.56 Å². The highest BCUT2D eigenvalue weighted by Crippen LogP contribution is 2.04. The Morgan fingerprint density at radius 1 is 1.65 bits per heavy atom. The van der Waals surface area contributed by atoms with Crippen molar-refractivity contribution in [2.45, 2.75) is 13.5 Å². The average Bonchev–Trinajstić information content (AvgIpc) is 2.60. The molecule has 0 atom stereocenters. The van der Waals surface area contributed by atoms with Crippen LogP contribution in [0.5, 0.6) is 0 Å². The minimum Gasteiger partial charge on any atom is -0.449 e. The van der Waals surface area contributed by atoms with Gasteiger partial charge in [0.25, 0.3) is 0 Å². The van der Waals surface area contributed by atoms with Crippen LogP contribution in [-0.4, -0.2) is 31.3 Å². The summed E-state index contributed by atoms with van der Waals surface area (Å²) in [6.45, 7) is 1.55. The number of aromatic nitrogens is 2. The third-order valence-corrected chi connectivity index (χ3v) is 2.66. The number of ether oxygens (including phenoxy) is 1. The molecule has 0 radical (unpaired) electrons. The number of anilines is 1. The Morgan fingerprint density at radius 3 is 2.88 bits per heavy atom. The summed E-state index contributed by atoms with van der Waals surface area (Å²) in [5.41, 5.74) is 5.93. The average molecular weight is 263 g/mol. The Kier molecular flexibility index (Phi) is 4.29. The third-order valence-electron chi connectivity index (χ3n) is 1.70. The highest BCUT2D eigenvalue weighted by atomic mass is 32.2. The van der Waals surface area contributed by atoms with Gasteiger partial charge in [-0.2, -0.15) is 18.2 Å². The molecule has 0 fully saturated rings. The predicted octanol–water partition coefficient (Wildman–Crippen LogP) is -0.928. The summed E-state index contributed by atoms with van der Waals surface area (Å²) < 4.78 is 30.9. The van der Waals surface area contributed by atoms with Crippen LogP contribution in [-0.2, 0) is 21.5 Å². The Balaban J connectivity index is 2.50. The zero-order chi connectivity index (χ0) is 12.9. The van der Waals surface area contributed by atoms with Gasteiger partial charge in [-0.3, -0.25) is 5.10 Å². The summed E-state index contributed by atoms with van der Waals surface area (Å²) in [6, 6.07) is 0. The number of amides is 1. The summed E-state index contributed by atoms with van der Waals surface area (Å²) in [4.78, 5) is 10.9. The van der Waals surface area contributed by atoms with E-state index in [0.717, 1.165) is 0 Å². The van der Waals surface area contributed by atoms with Gasteiger partial charge in [-0.15, -0.1) is 0 Å². The molecule has 0 saturated heterocycles. The number of nitrogens with two attached hydrogens (primary N) is 1. The van der Waals surface area contributed by atoms with Crippen molar-refractivity contribution in [1.82, 2.24) is 19.6 Å². The lowest BCUT2D eigenvalue weighted by atomic mass is 10.3. The normalized spacial score (nSPS) is 11.1. The van der Waals surface area contributed by atoms with Crippen molar-refractivity contribution in [1.29, 1.82) is 0 Å². The van der Waals surface area contributed by atoms with E-state index >= 15 is 0 Å². The summed E-state index contributed by atoms with van der Waals surface area (Å²) in [7, 11) is -3.97. The van der Waals surface area contributed by atoms with Crippen molar-refractivity contribution >= 4 is 22.1 Å². The van der Waals surface area contributed by atoms with E-state index in [1.54, 1.807) is 11.6 Å². The molecule has 0 aliphatic rings. The van der Waals surface area contributed by atoms with Crippen molar-refractivity contribution in [3.8, 4) is 0 Å². The van der Waals surface area contributed by atoms with Gasteiger partial charge in [0, 0.05) is 12.1 Å². The number of aromatic amines is 1. The Bertz CT molecular complexity index is 482. The smallest absolute Gasteiger partial charge is 0.421 e.